The van der Waals surface area contributed by atoms with Crippen LogP contribution in [0.4, 0.5) is 0 Å². The van der Waals surface area contributed by atoms with Crippen LogP contribution in [-0.2, 0) is 0 Å². The predicted octanol–water partition coefficient (Wildman–Crippen LogP) is 3.45. The van der Waals surface area contributed by atoms with Crippen molar-refractivity contribution in [2.45, 2.75) is 32.7 Å². The summed E-state index contributed by atoms with van der Waals surface area (Å²) < 4.78 is 5.65. The Labute approximate surface area is 103 Å². The van der Waals surface area contributed by atoms with E-state index in [0.29, 0.717) is 6.04 Å². The van der Waals surface area contributed by atoms with Crippen molar-refractivity contribution in [3.63, 3.8) is 0 Å². The number of nitrogens with one attached hydrogen (secondary N) is 1. The highest BCUT2D eigenvalue weighted by molar-refractivity contribution is 5.11. The SMILES string of the molecule is Cc1ccc(C(C)NCC2CC3C=CC2C3)o1. The van der Waals surface area contributed by atoms with Gasteiger partial charge in [0.2, 0.25) is 0 Å². The van der Waals surface area contributed by atoms with Crippen LogP contribution in [0.5, 0.6) is 0 Å². The summed E-state index contributed by atoms with van der Waals surface area (Å²) in [7, 11) is 0. The van der Waals surface area contributed by atoms with Crippen molar-refractivity contribution in [2.24, 2.45) is 17.8 Å². The number of allylic oxidation sites excluding steroid dienone is 2. The number of hydrogen-bond acceptors (Lipinski definition) is 2. The van der Waals surface area contributed by atoms with E-state index in [1.165, 1.54) is 12.8 Å². The minimum Gasteiger partial charge on any atom is -0.465 e. The normalized spacial score (nSPS) is 32.2. The van der Waals surface area contributed by atoms with Gasteiger partial charge in [-0.1, -0.05) is 12.2 Å². The smallest absolute Gasteiger partial charge is 0.120 e. The van der Waals surface area contributed by atoms with Crippen molar-refractivity contribution >= 4 is 0 Å². The third kappa shape index (κ3) is 2.19. The lowest BCUT2D eigenvalue weighted by Gasteiger charge is -2.20. The van der Waals surface area contributed by atoms with E-state index < -0.39 is 0 Å². The molecule has 2 nitrogen and oxygen atoms in total. The van der Waals surface area contributed by atoms with E-state index in [0.717, 1.165) is 35.8 Å². The molecule has 1 saturated carbocycles. The Morgan fingerprint density at radius 2 is 2.24 bits per heavy atom. The fourth-order valence-electron chi connectivity index (χ4n) is 3.24. The molecule has 0 saturated heterocycles. The molecule has 2 aliphatic rings. The van der Waals surface area contributed by atoms with E-state index in [1.807, 2.05) is 13.0 Å². The minimum atomic E-state index is 0.326. The number of aryl methyl sites for hydroxylation is 1. The maximum absolute atomic E-state index is 5.65. The molecule has 1 fully saturated rings. The summed E-state index contributed by atoms with van der Waals surface area (Å²) in [6, 6.07) is 4.44. The zero-order valence-corrected chi connectivity index (χ0v) is 10.6. The first-order valence-electron chi connectivity index (χ1n) is 6.70. The highest BCUT2D eigenvalue weighted by Gasteiger charge is 2.35. The topological polar surface area (TPSA) is 25.2 Å². The molecule has 3 rings (SSSR count). The summed E-state index contributed by atoms with van der Waals surface area (Å²) in [5.41, 5.74) is 0. The Bertz CT molecular complexity index is 420. The van der Waals surface area contributed by atoms with E-state index >= 15 is 0 Å². The Morgan fingerprint density at radius 1 is 1.35 bits per heavy atom. The average molecular weight is 231 g/mol. The molecule has 1 aromatic rings. The molecule has 2 heteroatoms. The van der Waals surface area contributed by atoms with Gasteiger partial charge in [-0.2, -0.15) is 0 Å². The molecule has 4 unspecified atom stereocenters. The van der Waals surface area contributed by atoms with Crippen LogP contribution in [0.25, 0.3) is 0 Å². The van der Waals surface area contributed by atoms with Gasteiger partial charge in [0.05, 0.1) is 6.04 Å². The van der Waals surface area contributed by atoms with Crippen molar-refractivity contribution in [1.29, 1.82) is 0 Å². The number of furan rings is 1. The number of rotatable bonds is 4. The van der Waals surface area contributed by atoms with Crippen LogP contribution in [0, 0.1) is 24.7 Å². The molecular weight excluding hydrogens is 210 g/mol. The van der Waals surface area contributed by atoms with Gasteiger partial charge >= 0.3 is 0 Å². The Hall–Kier alpha value is -1.02. The van der Waals surface area contributed by atoms with Gasteiger partial charge in [0.15, 0.2) is 0 Å². The Balaban J connectivity index is 1.53. The second kappa shape index (κ2) is 4.34. The first-order valence-corrected chi connectivity index (χ1v) is 6.70. The fraction of sp³-hybridized carbons (Fsp3) is 0.600. The lowest BCUT2D eigenvalue weighted by atomic mass is 9.93. The first-order chi connectivity index (χ1) is 8.22. The molecule has 2 aliphatic carbocycles. The molecule has 0 spiro atoms. The maximum atomic E-state index is 5.65. The first kappa shape index (κ1) is 11.1. The minimum absolute atomic E-state index is 0.326. The molecule has 0 aromatic carbocycles. The third-order valence-electron chi connectivity index (χ3n) is 4.29. The van der Waals surface area contributed by atoms with E-state index in [9.17, 15) is 0 Å². The second-order valence-electron chi connectivity index (χ2n) is 5.62. The third-order valence-corrected chi connectivity index (χ3v) is 4.29. The van der Waals surface area contributed by atoms with Crippen molar-refractivity contribution in [1.82, 2.24) is 5.32 Å². The summed E-state index contributed by atoms with van der Waals surface area (Å²) >= 11 is 0. The zero-order valence-electron chi connectivity index (χ0n) is 10.6. The monoisotopic (exact) mass is 231 g/mol. The van der Waals surface area contributed by atoms with Crippen LogP contribution in [-0.4, -0.2) is 6.54 Å². The molecule has 0 amide bonds. The summed E-state index contributed by atoms with van der Waals surface area (Å²) in [5, 5.41) is 3.61. The standard InChI is InChI=1S/C15H21NO/c1-10-3-6-15(17-10)11(2)16-9-14-8-12-4-5-13(14)7-12/h3-6,11-14,16H,7-9H2,1-2H3. The summed E-state index contributed by atoms with van der Waals surface area (Å²) in [4.78, 5) is 0. The highest BCUT2D eigenvalue weighted by Crippen LogP contribution is 2.43. The molecule has 1 aromatic heterocycles. The summed E-state index contributed by atoms with van der Waals surface area (Å²) in [6.07, 6.45) is 7.58. The van der Waals surface area contributed by atoms with Crippen LogP contribution < -0.4 is 5.32 Å². The second-order valence-corrected chi connectivity index (χ2v) is 5.62. The van der Waals surface area contributed by atoms with Crippen LogP contribution in [0.2, 0.25) is 0 Å². The number of hydrogen-bond donors (Lipinski definition) is 1. The molecule has 1 heterocycles. The van der Waals surface area contributed by atoms with Crippen molar-refractivity contribution in [3.8, 4) is 0 Å². The predicted molar refractivity (Wildman–Crippen MR) is 68.7 cm³/mol. The molecule has 0 radical (unpaired) electrons. The van der Waals surface area contributed by atoms with Crippen LogP contribution in [0.15, 0.2) is 28.7 Å². The van der Waals surface area contributed by atoms with E-state index in [-0.39, 0.29) is 0 Å². The maximum Gasteiger partial charge on any atom is 0.120 e. The lowest BCUT2D eigenvalue weighted by molar-refractivity contribution is 0.360. The fourth-order valence-corrected chi connectivity index (χ4v) is 3.24. The van der Waals surface area contributed by atoms with Gasteiger partial charge in [0.1, 0.15) is 11.5 Å². The van der Waals surface area contributed by atoms with Crippen molar-refractivity contribution in [2.75, 3.05) is 6.54 Å². The largest absolute Gasteiger partial charge is 0.465 e. The molecule has 4 atom stereocenters. The van der Waals surface area contributed by atoms with E-state index in [4.69, 9.17) is 4.42 Å². The van der Waals surface area contributed by atoms with Gasteiger partial charge in [-0.05, 0) is 63.1 Å². The van der Waals surface area contributed by atoms with Gasteiger partial charge in [-0.3, -0.25) is 0 Å². The van der Waals surface area contributed by atoms with Crippen molar-refractivity contribution in [3.05, 3.63) is 35.8 Å². The van der Waals surface area contributed by atoms with Gasteiger partial charge in [-0.25, -0.2) is 0 Å². The quantitative estimate of drug-likeness (QED) is 0.803. The summed E-state index contributed by atoms with van der Waals surface area (Å²) in [5.74, 6) is 4.59. The van der Waals surface area contributed by atoms with Crippen LogP contribution in [0.3, 0.4) is 0 Å². The van der Waals surface area contributed by atoms with Gasteiger partial charge in [0.25, 0.3) is 0 Å². The summed E-state index contributed by atoms with van der Waals surface area (Å²) in [6.45, 7) is 5.30. The average Bonchev–Trinajstić information content (AvgIpc) is 3.01. The molecule has 2 bridgehead atoms. The van der Waals surface area contributed by atoms with Crippen molar-refractivity contribution < 1.29 is 4.42 Å². The molecule has 17 heavy (non-hydrogen) atoms. The van der Waals surface area contributed by atoms with Gasteiger partial charge in [-0.15, -0.1) is 0 Å². The number of fused-ring (bicyclic) bond motifs is 2. The lowest BCUT2D eigenvalue weighted by Crippen LogP contribution is -2.27. The molecule has 0 aliphatic heterocycles. The molecule has 92 valence electrons. The highest BCUT2D eigenvalue weighted by atomic mass is 16.3. The Morgan fingerprint density at radius 3 is 2.82 bits per heavy atom. The molecular formula is C15H21NO. The van der Waals surface area contributed by atoms with E-state index in [2.05, 4.69) is 30.5 Å². The zero-order chi connectivity index (χ0) is 11.8. The van der Waals surface area contributed by atoms with Crippen LogP contribution in [0.1, 0.15) is 37.3 Å². The van der Waals surface area contributed by atoms with E-state index in [1.54, 1.807) is 0 Å². The van der Waals surface area contributed by atoms with Gasteiger partial charge < -0.3 is 9.73 Å². The molecule has 1 N–H and O–H groups in total. The van der Waals surface area contributed by atoms with Crippen LogP contribution >= 0.6 is 0 Å². The van der Waals surface area contributed by atoms with Gasteiger partial charge in [0, 0.05) is 0 Å². The Kier molecular flexibility index (Phi) is 2.83.